The molecule has 0 aliphatic heterocycles. The van der Waals surface area contributed by atoms with E-state index in [-0.39, 0.29) is 6.04 Å². The molecule has 3 nitrogen and oxygen atoms in total. The Hall–Kier alpha value is -0.770. The lowest BCUT2D eigenvalue weighted by Crippen LogP contribution is -2.27. The number of nitrogens with two attached hydrogens (primary N) is 2. The molecule has 0 saturated carbocycles. The summed E-state index contributed by atoms with van der Waals surface area (Å²) in [6.45, 7) is 1.92. The Morgan fingerprint density at radius 3 is 2.64 bits per heavy atom. The van der Waals surface area contributed by atoms with Crippen molar-refractivity contribution in [1.29, 1.82) is 0 Å². The Balaban J connectivity index is 2.95. The van der Waals surface area contributed by atoms with Crippen LogP contribution >= 0.6 is 11.6 Å². The number of benzene rings is 1. The zero-order chi connectivity index (χ0) is 10.7. The van der Waals surface area contributed by atoms with Crippen molar-refractivity contribution in [2.24, 2.45) is 5.73 Å². The number of halogens is 1. The molecule has 4 heteroatoms. The van der Waals surface area contributed by atoms with Crippen LogP contribution in [0, 0.1) is 0 Å². The van der Waals surface area contributed by atoms with Gasteiger partial charge >= 0.3 is 0 Å². The van der Waals surface area contributed by atoms with Crippen LogP contribution in [0.15, 0.2) is 18.2 Å². The molecular weight excluding hydrogens is 200 g/mol. The van der Waals surface area contributed by atoms with Gasteiger partial charge in [-0.1, -0.05) is 24.6 Å². The van der Waals surface area contributed by atoms with E-state index in [1.165, 1.54) is 0 Å². The molecule has 0 bridgehead atoms. The summed E-state index contributed by atoms with van der Waals surface area (Å²) in [7, 11) is 0. The molecule has 5 N–H and O–H groups in total. The van der Waals surface area contributed by atoms with E-state index < -0.39 is 6.10 Å². The minimum Gasteiger partial charge on any atom is -0.399 e. The molecular formula is C10H15ClN2O. The fourth-order valence-corrected chi connectivity index (χ4v) is 1.54. The van der Waals surface area contributed by atoms with Crippen LogP contribution in [0.5, 0.6) is 0 Å². The highest BCUT2D eigenvalue weighted by Crippen LogP contribution is 2.27. The number of hydrogen-bond acceptors (Lipinski definition) is 3. The van der Waals surface area contributed by atoms with Gasteiger partial charge in [0.05, 0.1) is 6.10 Å². The highest BCUT2D eigenvalue weighted by atomic mass is 35.5. The first kappa shape index (κ1) is 11.3. The maximum absolute atomic E-state index is 9.81. The average molecular weight is 215 g/mol. The summed E-state index contributed by atoms with van der Waals surface area (Å²) < 4.78 is 0. The van der Waals surface area contributed by atoms with Gasteiger partial charge in [0.25, 0.3) is 0 Å². The fourth-order valence-electron chi connectivity index (χ4n) is 1.24. The Morgan fingerprint density at radius 2 is 2.14 bits per heavy atom. The van der Waals surface area contributed by atoms with Crippen LogP contribution in [0.3, 0.4) is 0 Å². The molecule has 2 atom stereocenters. The highest BCUT2D eigenvalue weighted by molar-refractivity contribution is 6.31. The lowest BCUT2D eigenvalue weighted by molar-refractivity contribution is 0.144. The van der Waals surface area contributed by atoms with E-state index in [1.807, 2.05) is 6.92 Å². The van der Waals surface area contributed by atoms with Crippen LogP contribution in [-0.2, 0) is 0 Å². The standard InChI is InChI=1S/C10H15ClN2O/c1-2-9(13)10(14)7-4-3-6(12)5-8(7)11/h3-5,9-10,14H,2,12-13H2,1H3/t9-,10-/m1/s1. The number of nitrogen functional groups attached to an aromatic ring is 1. The smallest absolute Gasteiger partial charge is 0.0955 e. The summed E-state index contributed by atoms with van der Waals surface area (Å²) in [5.41, 5.74) is 12.5. The van der Waals surface area contributed by atoms with Crippen molar-refractivity contribution in [2.45, 2.75) is 25.5 Å². The van der Waals surface area contributed by atoms with E-state index in [1.54, 1.807) is 18.2 Å². The average Bonchev–Trinajstić information content (AvgIpc) is 2.15. The number of hydrogen-bond donors (Lipinski definition) is 3. The van der Waals surface area contributed by atoms with E-state index >= 15 is 0 Å². The summed E-state index contributed by atoms with van der Waals surface area (Å²) >= 11 is 5.93. The molecule has 0 amide bonds. The SMILES string of the molecule is CC[C@@H](N)[C@H](O)c1ccc(N)cc1Cl. The van der Waals surface area contributed by atoms with Gasteiger partial charge in [-0.05, 0) is 18.6 Å². The lowest BCUT2D eigenvalue weighted by Gasteiger charge is -2.18. The Bertz CT molecular complexity index is 317. The summed E-state index contributed by atoms with van der Waals surface area (Å²) in [6.07, 6.45) is -0.0323. The molecule has 78 valence electrons. The first-order valence-corrected chi connectivity index (χ1v) is 4.92. The van der Waals surface area contributed by atoms with Gasteiger partial charge in [0.1, 0.15) is 0 Å². The molecule has 0 spiro atoms. The van der Waals surface area contributed by atoms with Gasteiger partial charge in [-0.2, -0.15) is 0 Å². The Kier molecular flexibility index (Phi) is 3.75. The maximum Gasteiger partial charge on any atom is 0.0955 e. The first-order chi connectivity index (χ1) is 6.56. The van der Waals surface area contributed by atoms with E-state index in [9.17, 15) is 5.11 Å². The minimum absolute atomic E-state index is 0.295. The molecule has 0 saturated heterocycles. The second-order valence-corrected chi connectivity index (χ2v) is 3.71. The molecule has 1 rings (SSSR count). The highest BCUT2D eigenvalue weighted by Gasteiger charge is 2.17. The molecule has 0 aromatic heterocycles. The van der Waals surface area contributed by atoms with Crippen molar-refractivity contribution in [1.82, 2.24) is 0 Å². The summed E-state index contributed by atoms with van der Waals surface area (Å²) in [4.78, 5) is 0. The van der Waals surface area contributed by atoms with E-state index in [0.29, 0.717) is 22.7 Å². The molecule has 0 unspecified atom stereocenters. The molecule has 14 heavy (non-hydrogen) atoms. The maximum atomic E-state index is 9.81. The van der Waals surface area contributed by atoms with E-state index in [2.05, 4.69) is 0 Å². The van der Waals surface area contributed by atoms with Crippen LogP contribution in [-0.4, -0.2) is 11.1 Å². The topological polar surface area (TPSA) is 72.3 Å². The summed E-state index contributed by atoms with van der Waals surface area (Å²) in [5.74, 6) is 0. The quantitative estimate of drug-likeness (QED) is 0.671. The van der Waals surface area contributed by atoms with Crippen molar-refractivity contribution >= 4 is 17.3 Å². The number of aliphatic hydroxyl groups is 1. The summed E-state index contributed by atoms with van der Waals surface area (Å²) in [5, 5.41) is 10.3. The van der Waals surface area contributed by atoms with Crippen molar-refractivity contribution in [3.8, 4) is 0 Å². The summed E-state index contributed by atoms with van der Waals surface area (Å²) in [6, 6.07) is 4.73. The van der Waals surface area contributed by atoms with Gasteiger partial charge in [0.2, 0.25) is 0 Å². The first-order valence-electron chi connectivity index (χ1n) is 4.54. The number of aliphatic hydroxyl groups excluding tert-OH is 1. The monoisotopic (exact) mass is 214 g/mol. The predicted molar refractivity (Wildman–Crippen MR) is 59.1 cm³/mol. The van der Waals surface area contributed by atoms with Gasteiger partial charge in [-0.15, -0.1) is 0 Å². The van der Waals surface area contributed by atoms with Crippen LogP contribution in [0.1, 0.15) is 25.0 Å². The lowest BCUT2D eigenvalue weighted by atomic mass is 10.0. The van der Waals surface area contributed by atoms with Crippen LogP contribution < -0.4 is 11.5 Å². The minimum atomic E-state index is -0.729. The molecule has 1 aromatic rings. The third-order valence-electron chi connectivity index (χ3n) is 2.22. The zero-order valence-corrected chi connectivity index (χ0v) is 8.83. The number of anilines is 1. The van der Waals surface area contributed by atoms with Crippen molar-refractivity contribution < 1.29 is 5.11 Å². The largest absolute Gasteiger partial charge is 0.399 e. The van der Waals surface area contributed by atoms with Gasteiger partial charge in [-0.3, -0.25) is 0 Å². The van der Waals surface area contributed by atoms with E-state index in [0.717, 1.165) is 0 Å². The zero-order valence-electron chi connectivity index (χ0n) is 8.07. The van der Waals surface area contributed by atoms with Crippen LogP contribution in [0.25, 0.3) is 0 Å². The molecule has 0 aliphatic carbocycles. The molecule has 0 radical (unpaired) electrons. The Morgan fingerprint density at radius 1 is 1.50 bits per heavy atom. The molecule has 0 fully saturated rings. The molecule has 0 aliphatic rings. The normalized spacial score (nSPS) is 15.1. The predicted octanol–water partition coefficient (Wildman–Crippen LogP) is 1.69. The number of rotatable bonds is 3. The van der Waals surface area contributed by atoms with Gasteiger partial charge < -0.3 is 16.6 Å². The van der Waals surface area contributed by atoms with Gasteiger partial charge in [0, 0.05) is 22.3 Å². The molecule has 1 aromatic carbocycles. The van der Waals surface area contributed by atoms with Gasteiger partial charge in [-0.25, -0.2) is 0 Å². The molecule has 0 heterocycles. The van der Waals surface area contributed by atoms with Crippen LogP contribution in [0.2, 0.25) is 5.02 Å². The van der Waals surface area contributed by atoms with Crippen molar-refractivity contribution in [2.75, 3.05) is 5.73 Å². The van der Waals surface area contributed by atoms with E-state index in [4.69, 9.17) is 23.1 Å². The van der Waals surface area contributed by atoms with Gasteiger partial charge in [0.15, 0.2) is 0 Å². The fraction of sp³-hybridized carbons (Fsp3) is 0.400. The van der Waals surface area contributed by atoms with Crippen LogP contribution in [0.4, 0.5) is 5.69 Å². The third kappa shape index (κ3) is 2.38. The second kappa shape index (κ2) is 4.64. The van der Waals surface area contributed by atoms with Crippen molar-refractivity contribution in [3.05, 3.63) is 28.8 Å². The third-order valence-corrected chi connectivity index (χ3v) is 2.55. The van der Waals surface area contributed by atoms with Crippen molar-refractivity contribution in [3.63, 3.8) is 0 Å². The Labute approximate surface area is 88.7 Å². The second-order valence-electron chi connectivity index (χ2n) is 3.30.